The first-order chi connectivity index (χ1) is 10.5. The van der Waals surface area contributed by atoms with Gasteiger partial charge >= 0.3 is 11.9 Å². The number of hydrogen-bond donors (Lipinski definition) is 1. The van der Waals surface area contributed by atoms with Crippen LogP contribution >= 0.6 is 0 Å². The summed E-state index contributed by atoms with van der Waals surface area (Å²) in [5.41, 5.74) is 0.189. The predicted molar refractivity (Wildman–Crippen MR) is 76.7 cm³/mol. The van der Waals surface area contributed by atoms with Crippen LogP contribution in [0.2, 0.25) is 0 Å². The van der Waals surface area contributed by atoms with E-state index in [1.54, 1.807) is 24.3 Å². The average molecular weight is 305 g/mol. The number of esters is 2. The van der Waals surface area contributed by atoms with Gasteiger partial charge in [-0.2, -0.15) is 0 Å². The maximum atomic E-state index is 12.0. The second-order valence-corrected chi connectivity index (χ2v) is 4.29. The Hall–Kier alpha value is -2.96. The van der Waals surface area contributed by atoms with E-state index in [9.17, 15) is 14.7 Å². The van der Waals surface area contributed by atoms with E-state index in [2.05, 4.69) is 9.47 Å². The van der Waals surface area contributed by atoms with Crippen LogP contribution in [-0.2, 0) is 9.47 Å². The molecule has 0 saturated heterocycles. The molecule has 1 heterocycles. The zero-order valence-electron chi connectivity index (χ0n) is 12.3. The number of aromatic hydroxyl groups is 1. The van der Waals surface area contributed by atoms with Crippen molar-refractivity contribution < 1.29 is 28.9 Å². The number of ether oxygens (including phenoxy) is 3. The van der Waals surface area contributed by atoms with Crippen LogP contribution in [0.3, 0.4) is 0 Å². The summed E-state index contributed by atoms with van der Waals surface area (Å²) in [5, 5.41) is 9.97. The molecule has 116 valence electrons. The fourth-order valence-corrected chi connectivity index (χ4v) is 2.04. The molecule has 0 atom stereocenters. The van der Waals surface area contributed by atoms with E-state index in [4.69, 9.17) is 4.74 Å². The number of nitrogens with zero attached hydrogens (tertiary/aromatic N) is 1. The van der Waals surface area contributed by atoms with E-state index < -0.39 is 11.9 Å². The molecule has 1 N–H and O–H groups in total. The lowest BCUT2D eigenvalue weighted by atomic mass is 10.2. The number of aromatic nitrogens is 1. The third-order valence-corrected chi connectivity index (χ3v) is 3.10. The lowest BCUT2D eigenvalue weighted by Crippen LogP contribution is -2.14. The third kappa shape index (κ3) is 2.60. The summed E-state index contributed by atoms with van der Waals surface area (Å²) in [6.45, 7) is 0. The van der Waals surface area contributed by atoms with Gasteiger partial charge in [-0.25, -0.2) is 9.59 Å². The predicted octanol–water partition coefficient (Wildman–Crippen LogP) is 1.76. The van der Waals surface area contributed by atoms with E-state index in [1.165, 1.54) is 25.0 Å². The van der Waals surface area contributed by atoms with Gasteiger partial charge < -0.3 is 23.9 Å². The Labute approximate surface area is 126 Å². The largest absolute Gasteiger partial charge is 0.505 e. The molecule has 0 bridgehead atoms. The quantitative estimate of drug-likeness (QED) is 0.866. The van der Waals surface area contributed by atoms with Gasteiger partial charge in [-0.3, -0.25) is 0 Å². The lowest BCUT2D eigenvalue weighted by molar-refractivity contribution is 0.0547. The molecule has 22 heavy (non-hydrogen) atoms. The SMILES string of the molecule is COC(=O)c1c(O)cn(-c2ccc(OC)cc2)c1C(=O)OC. The Morgan fingerprint density at radius 3 is 2.09 bits per heavy atom. The summed E-state index contributed by atoms with van der Waals surface area (Å²) < 4.78 is 15.7. The smallest absolute Gasteiger partial charge is 0.356 e. The van der Waals surface area contributed by atoms with Crippen molar-refractivity contribution in [1.82, 2.24) is 4.57 Å². The van der Waals surface area contributed by atoms with Crippen molar-refractivity contribution in [2.45, 2.75) is 0 Å². The third-order valence-electron chi connectivity index (χ3n) is 3.10. The summed E-state index contributed by atoms with van der Waals surface area (Å²) >= 11 is 0. The van der Waals surface area contributed by atoms with E-state index in [-0.39, 0.29) is 17.0 Å². The summed E-state index contributed by atoms with van der Waals surface area (Å²) in [6, 6.07) is 6.72. The second kappa shape index (κ2) is 6.21. The number of hydrogen-bond acceptors (Lipinski definition) is 6. The molecule has 0 unspecified atom stereocenters. The van der Waals surface area contributed by atoms with E-state index in [0.29, 0.717) is 11.4 Å². The molecule has 7 heteroatoms. The minimum absolute atomic E-state index is 0.114. The van der Waals surface area contributed by atoms with Crippen LogP contribution in [0, 0.1) is 0 Å². The van der Waals surface area contributed by atoms with Crippen LogP contribution in [0.25, 0.3) is 5.69 Å². The van der Waals surface area contributed by atoms with Crippen molar-refractivity contribution in [2.24, 2.45) is 0 Å². The van der Waals surface area contributed by atoms with Crippen molar-refractivity contribution in [2.75, 3.05) is 21.3 Å². The molecule has 2 aromatic rings. The van der Waals surface area contributed by atoms with Crippen molar-refractivity contribution in [3.05, 3.63) is 41.7 Å². The Bertz CT molecular complexity index is 702. The first-order valence-corrected chi connectivity index (χ1v) is 6.28. The first kappa shape index (κ1) is 15.4. The summed E-state index contributed by atoms with van der Waals surface area (Å²) in [6.07, 6.45) is 1.25. The topological polar surface area (TPSA) is 87.0 Å². The standard InChI is InChI=1S/C15H15NO6/c1-20-10-6-4-9(5-7-10)16-8-11(17)12(14(18)21-2)13(16)15(19)22-3/h4-8,17H,1-3H3. The molecule has 7 nitrogen and oxygen atoms in total. The van der Waals surface area contributed by atoms with Gasteiger partial charge in [0, 0.05) is 5.69 Å². The average Bonchev–Trinajstić information content (AvgIpc) is 2.90. The van der Waals surface area contributed by atoms with Gasteiger partial charge in [-0.1, -0.05) is 0 Å². The summed E-state index contributed by atoms with van der Waals surface area (Å²) in [7, 11) is 3.88. The molecule has 0 aliphatic rings. The van der Waals surface area contributed by atoms with Crippen molar-refractivity contribution in [3.63, 3.8) is 0 Å². The van der Waals surface area contributed by atoms with Crippen LogP contribution in [0.5, 0.6) is 11.5 Å². The molecule has 0 spiro atoms. The fraction of sp³-hybridized carbons (Fsp3) is 0.200. The molecule has 2 rings (SSSR count). The summed E-state index contributed by atoms with van der Waals surface area (Å²) in [5.74, 6) is -1.34. The number of methoxy groups -OCH3 is 3. The Kier molecular flexibility index (Phi) is 4.36. The molecule has 0 saturated carbocycles. The van der Waals surface area contributed by atoms with Crippen LogP contribution in [0.1, 0.15) is 20.8 Å². The Morgan fingerprint density at radius 1 is 1.00 bits per heavy atom. The van der Waals surface area contributed by atoms with Crippen molar-refractivity contribution in [3.8, 4) is 17.2 Å². The van der Waals surface area contributed by atoms with Gasteiger partial charge in [0.15, 0.2) is 5.69 Å². The molecule has 0 aliphatic carbocycles. The molecular formula is C15H15NO6. The van der Waals surface area contributed by atoms with Gasteiger partial charge in [0.1, 0.15) is 17.1 Å². The highest BCUT2D eigenvalue weighted by molar-refractivity contribution is 6.04. The lowest BCUT2D eigenvalue weighted by Gasteiger charge is -2.09. The highest BCUT2D eigenvalue weighted by Gasteiger charge is 2.28. The second-order valence-electron chi connectivity index (χ2n) is 4.29. The zero-order chi connectivity index (χ0) is 16.3. The van der Waals surface area contributed by atoms with Gasteiger partial charge in [0.05, 0.1) is 27.5 Å². The maximum Gasteiger partial charge on any atom is 0.356 e. The van der Waals surface area contributed by atoms with Gasteiger partial charge in [-0.15, -0.1) is 0 Å². The number of benzene rings is 1. The molecule has 1 aromatic heterocycles. The molecule has 0 fully saturated rings. The van der Waals surface area contributed by atoms with E-state index in [1.807, 2.05) is 0 Å². The zero-order valence-corrected chi connectivity index (χ0v) is 12.3. The molecule has 1 aromatic carbocycles. The highest BCUT2D eigenvalue weighted by atomic mass is 16.5. The fourth-order valence-electron chi connectivity index (χ4n) is 2.04. The van der Waals surface area contributed by atoms with E-state index >= 15 is 0 Å². The van der Waals surface area contributed by atoms with Gasteiger partial charge in [0.25, 0.3) is 0 Å². The highest BCUT2D eigenvalue weighted by Crippen LogP contribution is 2.29. The Balaban J connectivity index is 2.64. The van der Waals surface area contributed by atoms with Gasteiger partial charge in [0.2, 0.25) is 0 Å². The van der Waals surface area contributed by atoms with Crippen LogP contribution in [0.4, 0.5) is 0 Å². The first-order valence-electron chi connectivity index (χ1n) is 6.28. The normalized spacial score (nSPS) is 10.1. The van der Waals surface area contributed by atoms with Crippen molar-refractivity contribution in [1.29, 1.82) is 0 Å². The summed E-state index contributed by atoms with van der Waals surface area (Å²) in [4.78, 5) is 23.8. The molecule has 0 amide bonds. The van der Waals surface area contributed by atoms with Gasteiger partial charge in [-0.05, 0) is 24.3 Å². The number of carbonyl (C=O) groups excluding carboxylic acids is 2. The molecule has 0 radical (unpaired) electrons. The van der Waals surface area contributed by atoms with Crippen LogP contribution in [-0.4, -0.2) is 42.9 Å². The minimum Gasteiger partial charge on any atom is -0.505 e. The maximum absolute atomic E-state index is 12.0. The number of rotatable bonds is 4. The monoisotopic (exact) mass is 305 g/mol. The molecular weight excluding hydrogens is 290 g/mol. The van der Waals surface area contributed by atoms with Crippen LogP contribution in [0.15, 0.2) is 30.5 Å². The van der Waals surface area contributed by atoms with Crippen molar-refractivity contribution >= 4 is 11.9 Å². The minimum atomic E-state index is -0.829. The number of carbonyl (C=O) groups is 2. The Morgan fingerprint density at radius 2 is 1.59 bits per heavy atom. The van der Waals surface area contributed by atoms with Crippen LogP contribution < -0.4 is 4.74 Å². The van der Waals surface area contributed by atoms with E-state index in [0.717, 1.165) is 7.11 Å². The molecule has 0 aliphatic heterocycles.